The van der Waals surface area contributed by atoms with Crippen molar-refractivity contribution in [1.82, 2.24) is 19.7 Å². The van der Waals surface area contributed by atoms with Crippen LogP contribution in [0.5, 0.6) is 0 Å². The molecule has 2 aromatic heterocycles. The van der Waals surface area contributed by atoms with Gasteiger partial charge in [-0.3, -0.25) is 4.57 Å². The van der Waals surface area contributed by atoms with E-state index in [9.17, 15) is 5.11 Å². The fraction of sp³-hybridized carbons (Fsp3) is 0.571. The van der Waals surface area contributed by atoms with Crippen LogP contribution < -0.4 is 5.32 Å². The number of H-pyrrole nitrogens is 1. The Labute approximate surface area is 117 Å². The molecule has 20 heavy (non-hydrogen) atoms. The normalized spacial score (nSPS) is 28.0. The van der Waals surface area contributed by atoms with Crippen LogP contribution in [0.25, 0.3) is 5.69 Å². The van der Waals surface area contributed by atoms with E-state index >= 15 is 0 Å². The summed E-state index contributed by atoms with van der Waals surface area (Å²) in [5, 5.41) is 22.1. The van der Waals surface area contributed by atoms with Crippen molar-refractivity contribution < 1.29 is 5.11 Å². The lowest BCUT2D eigenvalue weighted by Gasteiger charge is -2.22. The summed E-state index contributed by atoms with van der Waals surface area (Å²) in [4.78, 5) is 3.20. The average molecular weight is 273 g/mol. The van der Waals surface area contributed by atoms with Gasteiger partial charge in [0.2, 0.25) is 0 Å². The molecule has 6 nitrogen and oxygen atoms in total. The second-order valence-corrected chi connectivity index (χ2v) is 5.80. The van der Waals surface area contributed by atoms with Crippen LogP contribution >= 0.6 is 0 Å². The SMILES string of the molecule is CCC1CC(O)CC1c1nnc2n1-c1cc[nH]c1NC2. The zero-order chi connectivity index (χ0) is 13.7. The van der Waals surface area contributed by atoms with Crippen LogP contribution in [-0.4, -0.2) is 31.0 Å². The van der Waals surface area contributed by atoms with Gasteiger partial charge in [0, 0.05) is 12.1 Å². The van der Waals surface area contributed by atoms with E-state index < -0.39 is 0 Å². The Balaban J connectivity index is 1.80. The van der Waals surface area contributed by atoms with E-state index in [-0.39, 0.29) is 6.10 Å². The summed E-state index contributed by atoms with van der Waals surface area (Å²) in [7, 11) is 0. The van der Waals surface area contributed by atoms with E-state index in [4.69, 9.17) is 0 Å². The molecule has 0 saturated heterocycles. The molecule has 4 rings (SSSR count). The molecule has 3 unspecified atom stereocenters. The molecule has 0 amide bonds. The highest BCUT2D eigenvalue weighted by Gasteiger charge is 2.37. The summed E-state index contributed by atoms with van der Waals surface area (Å²) >= 11 is 0. The van der Waals surface area contributed by atoms with Gasteiger partial charge < -0.3 is 15.4 Å². The highest BCUT2D eigenvalue weighted by molar-refractivity contribution is 5.59. The van der Waals surface area contributed by atoms with Gasteiger partial charge >= 0.3 is 0 Å². The second kappa shape index (κ2) is 4.34. The van der Waals surface area contributed by atoms with Crippen molar-refractivity contribution in [3.63, 3.8) is 0 Å². The Morgan fingerprint density at radius 2 is 2.30 bits per heavy atom. The summed E-state index contributed by atoms with van der Waals surface area (Å²) in [6, 6.07) is 2.05. The second-order valence-electron chi connectivity index (χ2n) is 5.80. The van der Waals surface area contributed by atoms with Gasteiger partial charge in [-0.1, -0.05) is 13.3 Å². The van der Waals surface area contributed by atoms with Crippen LogP contribution in [0.15, 0.2) is 12.3 Å². The van der Waals surface area contributed by atoms with Crippen molar-refractivity contribution in [2.24, 2.45) is 5.92 Å². The maximum atomic E-state index is 9.98. The first-order chi connectivity index (χ1) is 9.78. The Hall–Kier alpha value is -1.82. The van der Waals surface area contributed by atoms with E-state index in [1.165, 1.54) is 0 Å². The molecule has 6 heteroatoms. The number of anilines is 1. The fourth-order valence-electron chi connectivity index (χ4n) is 3.67. The lowest BCUT2D eigenvalue weighted by molar-refractivity contribution is 0.176. The number of aliphatic hydroxyl groups is 1. The van der Waals surface area contributed by atoms with E-state index in [0.29, 0.717) is 18.4 Å². The molecule has 0 radical (unpaired) electrons. The predicted octanol–water partition coefficient (Wildman–Crippen LogP) is 1.79. The maximum Gasteiger partial charge on any atom is 0.157 e. The number of aromatic nitrogens is 4. The van der Waals surface area contributed by atoms with E-state index in [0.717, 1.165) is 42.4 Å². The number of aliphatic hydroxyl groups excluding tert-OH is 1. The molecule has 2 aliphatic rings. The van der Waals surface area contributed by atoms with Gasteiger partial charge in [-0.2, -0.15) is 0 Å². The Bertz CT molecular complexity index is 631. The van der Waals surface area contributed by atoms with Crippen molar-refractivity contribution in [2.45, 2.75) is 44.8 Å². The lowest BCUT2D eigenvalue weighted by Crippen LogP contribution is -2.19. The molecule has 2 aromatic rings. The molecule has 1 saturated carbocycles. The first-order valence-electron chi connectivity index (χ1n) is 7.31. The number of nitrogens with zero attached hydrogens (tertiary/aromatic N) is 3. The first-order valence-corrected chi connectivity index (χ1v) is 7.31. The number of nitrogens with one attached hydrogen (secondary N) is 2. The van der Waals surface area contributed by atoms with Crippen LogP contribution in [0.2, 0.25) is 0 Å². The summed E-state index contributed by atoms with van der Waals surface area (Å²) in [6.45, 7) is 2.87. The average Bonchev–Trinajstić information content (AvgIpc) is 3.13. The fourth-order valence-corrected chi connectivity index (χ4v) is 3.67. The smallest absolute Gasteiger partial charge is 0.157 e. The molecule has 1 fully saturated rings. The van der Waals surface area contributed by atoms with Gasteiger partial charge in [-0.15, -0.1) is 10.2 Å². The molecule has 0 bridgehead atoms. The van der Waals surface area contributed by atoms with Crippen LogP contribution in [0.1, 0.15) is 43.8 Å². The number of hydrogen-bond acceptors (Lipinski definition) is 4. The zero-order valence-electron chi connectivity index (χ0n) is 11.5. The third kappa shape index (κ3) is 1.61. The number of aromatic amines is 1. The van der Waals surface area contributed by atoms with Gasteiger partial charge in [-0.05, 0) is 24.8 Å². The van der Waals surface area contributed by atoms with Gasteiger partial charge in [-0.25, -0.2) is 0 Å². The Morgan fingerprint density at radius 3 is 3.15 bits per heavy atom. The van der Waals surface area contributed by atoms with Crippen molar-refractivity contribution >= 4 is 5.82 Å². The lowest BCUT2D eigenvalue weighted by atomic mass is 9.93. The molecule has 3 atom stereocenters. The van der Waals surface area contributed by atoms with E-state index in [1.807, 2.05) is 12.3 Å². The molecule has 3 heterocycles. The maximum absolute atomic E-state index is 9.98. The molecule has 106 valence electrons. The largest absolute Gasteiger partial charge is 0.393 e. The monoisotopic (exact) mass is 273 g/mol. The zero-order valence-corrected chi connectivity index (χ0v) is 11.5. The Morgan fingerprint density at radius 1 is 1.40 bits per heavy atom. The van der Waals surface area contributed by atoms with E-state index in [2.05, 4.69) is 32.0 Å². The van der Waals surface area contributed by atoms with Gasteiger partial charge in [0.25, 0.3) is 0 Å². The minimum Gasteiger partial charge on any atom is -0.393 e. The van der Waals surface area contributed by atoms with Gasteiger partial charge in [0.1, 0.15) is 11.6 Å². The van der Waals surface area contributed by atoms with E-state index in [1.54, 1.807) is 0 Å². The molecule has 0 aromatic carbocycles. The topological polar surface area (TPSA) is 78.8 Å². The Kier molecular flexibility index (Phi) is 2.60. The van der Waals surface area contributed by atoms with Crippen LogP contribution in [0.3, 0.4) is 0 Å². The molecular weight excluding hydrogens is 254 g/mol. The molecule has 1 aliphatic heterocycles. The summed E-state index contributed by atoms with van der Waals surface area (Å²) in [5.74, 6) is 3.77. The highest BCUT2D eigenvalue weighted by atomic mass is 16.3. The third-order valence-electron chi connectivity index (χ3n) is 4.67. The van der Waals surface area contributed by atoms with Gasteiger partial charge in [0.05, 0.1) is 18.3 Å². The van der Waals surface area contributed by atoms with Crippen molar-refractivity contribution in [3.05, 3.63) is 23.9 Å². The standard InChI is InChI=1S/C14H19N5O/c1-2-8-5-9(20)6-10(8)14-18-17-12-7-16-13-11(19(12)14)3-4-15-13/h3-4,8-10,15-16,20H,2,5-7H2,1H3. The quantitative estimate of drug-likeness (QED) is 0.779. The number of rotatable bonds is 2. The summed E-state index contributed by atoms with van der Waals surface area (Å²) in [6.07, 6.45) is 4.47. The minimum absolute atomic E-state index is 0.203. The highest BCUT2D eigenvalue weighted by Crippen LogP contribution is 2.42. The molecule has 3 N–H and O–H groups in total. The van der Waals surface area contributed by atoms with Crippen molar-refractivity contribution in [1.29, 1.82) is 0 Å². The molecule has 1 aliphatic carbocycles. The summed E-state index contributed by atoms with van der Waals surface area (Å²) in [5.41, 5.74) is 1.09. The van der Waals surface area contributed by atoms with Crippen molar-refractivity contribution in [2.75, 3.05) is 5.32 Å². The predicted molar refractivity (Wildman–Crippen MR) is 74.8 cm³/mol. The third-order valence-corrected chi connectivity index (χ3v) is 4.67. The van der Waals surface area contributed by atoms with Gasteiger partial charge in [0.15, 0.2) is 5.82 Å². The molecule has 0 spiro atoms. The van der Waals surface area contributed by atoms with Crippen molar-refractivity contribution in [3.8, 4) is 5.69 Å². The first kappa shape index (κ1) is 12.0. The van der Waals surface area contributed by atoms with Crippen LogP contribution in [-0.2, 0) is 6.54 Å². The minimum atomic E-state index is -0.203. The summed E-state index contributed by atoms with van der Waals surface area (Å²) < 4.78 is 2.16. The molecular formula is C14H19N5O. The number of hydrogen-bond donors (Lipinski definition) is 3. The van der Waals surface area contributed by atoms with Crippen LogP contribution in [0, 0.1) is 5.92 Å². The van der Waals surface area contributed by atoms with Crippen LogP contribution in [0.4, 0.5) is 5.82 Å². The number of fused-ring (bicyclic) bond motifs is 3.